The number of aryl methyl sites for hydroxylation is 1. The third kappa shape index (κ3) is 2.32. The quantitative estimate of drug-likeness (QED) is 0.848. The molecule has 1 heterocycles. The lowest BCUT2D eigenvalue weighted by atomic mass is 10.1. The zero-order valence-electron chi connectivity index (χ0n) is 9.91. The highest BCUT2D eigenvalue weighted by Crippen LogP contribution is 2.11. The van der Waals surface area contributed by atoms with Crippen LogP contribution in [0.5, 0.6) is 0 Å². The lowest BCUT2D eigenvalue weighted by Gasteiger charge is -2.13. The second-order valence-corrected chi connectivity index (χ2v) is 3.94. The van der Waals surface area contributed by atoms with Crippen molar-refractivity contribution in [2.75, 3.05) is 0 Å². The summed E-state index contributed by atoms with van der Waals surface area (Å²) < 4.78 is 1.54. The zero-order valence-corrected chi connectivity index (χ0v) is 9.91. The lowest BCUT2D eigenvalue weighted by Crippen LogP contribution is -2.25. The first-order valence-electron chi connectivity index (χ1n) is 5.43. The Kier molecular flexibility index (Phi) is 3.88. The Hall–Kier alpha value is -1.58. The first kappa shape index (κ1) is 12.5. The normalized spacial score (nSPS) is 10.4. The van der Waals surface area contributed by atoms with Crippen molar-refractivity contribution < 1.29 is 9.90 Å². The maximum Gasteiger partial charge on any atom is 0.337 e. The fraction of sp³-hybridized carbons (Fsp3) is 0.500. The molecule has 0 unspecified atom stereocenters. The second-order valence-electron chi connectivity index (χ2n) is 3.94. The van der Waals surface area contributed by atoms with E-state index in [1.165, 1.54) is 6.07 Å². The number of carbonyl (C=O) groups is 1. The monoisotopic (exact) mass is 223 g/mol. The topological polar surface area (TPSA) is 59.3 Å². The maximum absolute atomic E-state index is 11.7. The molecular weight excluding hydrogens is 206 g/mol. The molecule has 1 aromatic rings. The van der Waals surface area contributed by atoms with Crippen LogP contribution in [-0.2, 0) is 6.54 Å². The Morgan fingerprint density at radius 1 is 1.44 bits per heavy atom. The standard InChI is InChI=1S/C12H17NO3/c1-4-5-6-13-9(3)11(12(15)16)8(2)7-10(13)14/h7H,4-6H2,1-3H3,(H,15,16). The average molecular weight is 223 g/mol. The summed E-state index contributed by atoms with van der Waals surface area (Å²) in [7, 11) is 0. The molecule has 0 aliphatic rings. The van der Waals surface area contributed by atoms with Crippen molar-refractivity contribution in [1.29, 1.82) is 0 Å². The summed E-state index contributed by atoms with van der Waals surface area (Å²) in [5.74, 6) is -0.972. The molecule has 0 aliphatic carbocycles. The summed E-state index contributed by atoms with van der Waals surface area (Å²) in [5.41, 5.74) is 1.21. The first-order valence-corrected chi connectivity index (χ1v) is 5.43. The molecular formula is C12H17NO3. The van der Waals surface area contributed by atoms with Gasteiger partial charge in [0, 0.05) is 18.3 Å². The Balaban J connectivity index is 3.33. The highest BCUT2D eigenvalue weighted by molar-refractivity contribution is 5.90. The number of unbranched alkanes of at least 4 members (excludes halogenated alkanes) is 1. The van der Waals surface area contributed by atoms with E-state index in [1.54, 1.807) is 18.4 Å². The van der Waals surface area contributed by atoms with Gasteiger partial charge < -0.3 is 9.67 Å². The molecule has 0 saturated carbocycles. The molecule has 1 aromatic heterocycles. The third-order valence-electron chi connectivity index (χ3n) is 2.72. The van der Waals surface area contributed by atoms with Crippen LogP contribution in [0.15, 0.2) is 10.9 Å². The Morgan fingerprint density at radius 2 is 2.06 bits per heavy atom. The Morgan fingerprint density at radius 3 is 2.56 bits per heavy atom. The van der Waals surface area contributed by atoms with Crippen LogP contribution in [0.25, 0.3) is 0 Å². The fourth-order valence-electron chi connectivity index (χ4n) is 1.84. The van der Waals surface area contributed by atoms with E-state index < -0.39 is 5.97 Å². The van der Waals surface area contributed by atoms with E-state index in [2.05, 4.69) is 0 Å². The number of carboxylic acids is 1. The summed E-state index contributed by atoms with van der Waals surface area (Å²) in [5, 5.41) is 9.07. The Labute approximate surface area is 94.5 Å². The van der Waals surface area contributed by atoms with Gasteiger partial charge in [-0.25, -0.2) is 4.79 Å². The molecule has 4 heteroatoms. The smallest absolute Gasteiger partial charge is 0.337 e. The minimum Gasteiger partial charge on any atom is -0.478 e. The van der Waals surface area contributed by atoms with Crippen molar-refractivity contribution in [2.24, 2.45) is 0 Å². The third-order valence-corrected chi connectivity index (χ3v) is 2.72. The molecule has 0 atom stereocenters. The van der Waals surface area contributed by atoms with Crippen LogP contribution in [0, 0.1) is 13.8 Å². The van der Waals surface area contributed by atoms with Crippen molar-refractivity contribution in [1.82, 2.24) is 4.57 Å². The SMILES string of the molecule is CCCCn1c(C)c(C(=O)O)c(C)cc1=O. The van der Waals surface area contributed by atoms with Gasteiger partial charge in [0.1, 0.15) is 0 Å². The zero-order chi connectivity index (χ0) is 12.3. The molecule has 88 valence electrons. The van der Waals surface area contributed by atoms with Gasteiger partial charge in [-0.3, -0.25) is 4.79 Å². The molecule has 0 bridgehead atoms. The van der Waals surface area contributed by atoms with Crippen LogP contribution >= 0.6 is 0 Å². The second kappa shape index (κ2) is 4.96. The van der Waals surface area contributed by atoms with Crippen LogP contribution in [0.3, 0.4) is 0 Å². The fourth-order valence-corrected chi connectivity index (χ4v) is 1.84. The summed E-state index contributed by atoms with van der Waals surface area (Å²) in [6.07, 6.45) is 1.85. The molecule has 1 rings (SSSR count). The van der Waals surface area contributed by atoms with E-state index in [0.29, 0.717) is 17.8 Å². The number of nitrogens with zero attached hydrogens (tertiary/aromatic N) is 1. The van der Waals surface area contributed by atoms with E-state index in [4.69, 9.17) is 5.11 Å². The predicted octanol–water partition coefficient (Wildman–Crippen LogP) is 1.96. The highest BCUT2D eigenvalue weighted by atomic mass is 16.4. The molecule has 0 saturated heterocycles. The molecule has 0 spiro atoms. The Bertz CT molecular complexity index is 460. The number of rotatable bonds is 4. The van der Waals surface area contributed by atoms with Crippen LogP contribution in [0.4, 0.5) is 0 Å². The maximum atomic E-state index is 11.7. The van der Waals surface area contributed by atoms with Crippen molar-refractivity contribution in [2.45, 2.75) is 40.2 Å². The number of hydrogen-bond donors (Lipinski definition) is 1. The number of carboxylic acid groups (broad SMARTS) is 1. The number of aromatic carboxylic acids is 1. The van der Waals surface area contributed by atoms with Gasteiger partial charge in [0.15, 0.2) is 0 Å². The summed E-state index contributed by atoms with van der Waals surface area (Å²) in [4.78, 5) is 22.8. The van der Waals surface area contributed by atoms with Gasteiger partial charge in [-0.15, -0.1) is 0 Å². The van der Waals surface area contributed by atoms with Crippen molar-refractivity contribution >= 4 is 5.97 Å². The van der Waals surface area contributed by atoms with Gasteiger partial charge in [0.2, 0.25) is 0 Å². The van der Waals surface area contributed by atoms with Gasteiger partial charge in [0.25, 0.3) is 5.56 Å². The molecule has 16 heavy (non-hydrogen) atoms. The van der Waals surface area contributed by atoms with Crippen molar-refractivity contribution in [3.8, 4) is 0 Å². The predicted molar refractivity (Wildman–Crippen MR) is 62.0 cm³/mol. The molecule has 0 radical (unpaired) electrons. The molecule has 0 amide bonds. The van der Waals surface area contributed by atoms with Crippen LogP contribution in [0.1, 0.15) is 41.4 Å². The van der Waals surface area contributed by atoms with Crippen LogP contribution in [0.2, 0.25) is 0 Å². The van der Waals surface area contributed by atoms with Gasteiger partial charge in [-0.2, -0.15) is 0 Å². The average Bonchev–Trinajstić information content (AvgIpc) is 2.16. The van der Waals surface area contributed by atoms with Gasteiger partial charge in [-0.1, -0.05) is 13.3 Å². The number of aromatic nitrogens is 1. The van der Waals surface area contributed by atoms with Gasteiger partial charge in [-0.05, 0) is 25.8 Å². The van der Waals surface area contributed by atoms with Gasteiger partial charge in [0.05, 0.1) is 5.56 Å². The largest absolute Gasteiger partial charge is 0.478 e. The molecule has 4 nitrogen and oxygen atoms in total. The van der Waals surface area contributed by atoms with E-state index in [9.17, 15) is 9.59 Å². The molecule has 0 fully saturated rings. The van der Waals surface area contributed by atoms with Gasteiger partial charge >= 0.3 is 5.97 Å². The number of hydrogen-bond acceptors (Lipinski definition) is 2. The van der Waals surface area contributed by atoms with E-state index >= 15 is 0 Å². The molecule has 1 N–H and O–H groups in total. The highest BCUT2D eigenvalue weighted by Gasteiger charge is 2.15. The summed E-state index contributed by atoms with van der Waals surface area (Å²) >= 11 is 0. The molecule has 0 aromatic carbocycles. The van der Waals surface area contributed by atoms with E-state index in [-0.39, 0.29) is 11.1 Å². The molecule has 0 aliphatic heterocycles. The number of pyridine rings is 1. The van der Waals surface area contributed by atoms with Crippen LogP contribution < -0.4 is 5.56 Å². The minimum absolute atomic E-state index is 0.117. The van der Waals surface area contributed by atoms with E-state index in [0.717, 1.165) is 12.8 Å². The van der Waals surface area contributed by atoms with Crippen LogP contribution in [-0.4, -0.2) is 15.6 Å². The lowest BCUT2D eigenvalue weighted by molar-refractivity contribution is 0.0694. The minimum atomic E-state index is -0.972. The van der Waals surface area contributed by atoms with Crippen molar-refractivity contribution in [3.63, 3.8) is 0 Å². The summed E-state index contributed by atoms with van der Waals surface area (Å²) in [6.45, 7) is 5.96. The summed E-state index contributed by atoms with van der Waals surface area (Å²) in [6, 6.07) is 1.39. The van der Waals surface area contributed by atoms with Crippen molar-refractivity contribution in [3.05, 3.63) is 33.2 Å². The first-order chi connectivity index (χ1) is 7.49. The van der Waals surface area contributed by atoms with E-state index in [1.807, 2.05) is 6.92 Å².